The first kappa shape index (κ1) is 14.1. The van der Waals surface area contributed by atoms with E-state index in [9.17, 15) is 9.59 Å². The SMILES string of the molecule is NC(=O)Nc1cc2[nH]nc(OCCC3CCC(=O)N3)c2cn1. The van der Waals surface area contributed by atoms with E-state index in [-0.39, 0.29) is 11.9 Å². The third-order valence-corrected chi connectivity index (χ3v) is 3.45. The maximum absolute atomic E-state index is 11.1. The van der Waals surface area contributed by atoms with Crippen molar-refractivity contribution >= 4 is 28.7 Å². The normalized spacial score (nSPS) is 17.5. The second-order valence-electron chi connectivity index (χ2n) is 5.07. The van der Waals surface area contributed by atoms with Gasteiger partial charge in [-0.1, -0.05) is 0 Å². The van der Waals surface area contributed by atoms with Crippen LogP contribution in [0.5, 0.6) is 5.88 Å². The summed E-state index contributed by atoms with van der Waals surface area (Å²) in [6, 6.07) is 1.11. The topological polar surface area (TPSA) is 135 Å². The summed E-state index contributed by atoms with van der Waals surface area (Å²) in [5.41, 5.74) is 5.72. The van der Waals surface area contributed by atoms with E-state index in [0.29, 0.717) is 35.6 Å². The van der Waals surface area contributed by atoms with Gasteiger partial charge in [0, 0.05) is 31.1 Å². The molecule has 0 spiro atoms. The van der Waals surface area contributed by atoms with Crippen LogP contribution in [0.3, 0.4) is 0 Å². The van der Waals surface area contributed by atoms with Gasteiger partial charge in [-0.3, -0.25) is 15.2 Å². The minimum absolute atomic E-state index is 0.0916. The molecule has 3 rings (SSSR count). The number of amides is 3. The van der Waals surface area contributed by atoms with Crippen LogP contribution in [0.25, 0.3) is 10.9 Å². The van der Waals surface area contributed by atoms with Gasteiger partial charge in [-0.15, -0.1) is 5.10 Å². The molecule has 1 atom stereocenters. The second-order valence-corrected chi connectivity index (χ2v) is 5.07. The number of primary amides is 1. The Morgan fingerprint density at radius 2 is 2.41 bits per heavy atom. The van der Waals surface area contributed by atoms with Crippen molar-refractivity contribution in [3.05, 3.63) is 12.3 Å². The Morgan fingerprint density at radius 3 is 3.14 bits per heavy atom. The zero-order valence-electron chi connectivity index (χ0n) is 11.8. The fourth-order valence-electron chi connectivity index (χ4n) is 2.39. The number of carbonyl (C=O) groups excluding carboxylic acids is 2. The van der Waals surface area contributed by atoms with E-state index < -0.39 is 6.03 Å². The number of anilines is 1. The predicted molar refractivity (Wildman–Crippen MR) is 78.4 cm³/mol. The Kier molecular flexibility index (Phi) is 3.77. The van der Waals surface area contributed by atoms with Crippen LogP contribution in [0.2, 0.25) is 0 Å². The number of rotatable bonds is 5. The number of ether oxygens (including phenoxy) is 1. The molecule has 22 heavy (non-hydrogen) atoms. The lowest BCUT2D eigenvalue weighted by molar-refractivity contribution is -0.119. The number of nitrogens with two attached hydrogens (primary N) is 1. The lowest BCUT2D eigenvalue weighted by atomic mass is 10.2. The number of hydrogen-bond acceptors (Lipinski definition) is 5. The summed E-state index contributed by atoms with van der Waals surface area (Å²) in [5.74, 6) is 0.871. The molecule has 1 aliphatic heterocycles. The fourth-order valence-corrected chi connectivity index (χ4v) is 2.39. The van der Waals surface area contributed by atoms with Gasteiger partial charge in [0.1, 0.15) is 5.82 Å². The van der Waals surface area contributed by atoms with Crippen molar-refractivity contribution in [2.45, 2.75) is 25.3 Å². The number of pyridine rings is 1. The number of carbonyl (C=O) groups is 2. The Labute approximate surface area is 125 Å². The summed E-state index contributed by atoms with van der Waals surface area (Å²) in [5, 5.41) is 12.9. The monoisotopic (exact) mass is 304 g/mol. The molecule has 0 aromatic carbocycles. The number of urea groups is 1. The van der Waals surface area contributed by atoms with Gasteiger partial charge in [-0.05, 0) is 6.42 Å². The number of fused-ring (bicyclic) bond motifs is 1. The van der Waals surface area contributed by atoms with E-state index >= 15 is 0 Å². The van der Waals surface area contributed by atoms with Crippen LogP contribution in [-0.2, 0) is 4.79 Å². The highest BCUT2D eigenvalue weighted by Gasteiger charge is 2.20. The van der Waals surface area contributed by atoms with Crippen LogP contribution in [0, 0.1) is 0 Å². The van der Waals surface area contributed by atoms with Crippen LogP contribution >= 0.6 is 0 Å². The maximum atomic E-state index is 11.1. The highest BCUT2D eigenvalue weighted by Crippen LogP contribution is 2.24. The molecule has 1 saturated heterocycles. The lowest BCUT2D eigenvalue weighted by Crippen LogP contribution is -2.26. The van der Waals surface area contributed by atoms with E-state index in [2.05, 4.69) is 25.8 Å². The molecule has 9 heteroatoms. The lowest BCUT2D eigenvalue weighted by Gasteiger charge is -2.09. The number of aromatic amines is 1. The van der Waals surface area contributed by atoms with E-state index in [1.54, 1.807) is 12.3 Å². The molecule has 2 aromatic heterocycles. The Balaban J connectivity index is 1.62. The molecule has 0 bridgehead atoms. The molecular formula is C13H16N6O3. The van der Waals surface area contributed by atoms with Crippen molar-refractivity contribution in [1.29, 1.82) is 0 Å². The number of H-pyrrole nitrogens is 1. The van der Waals surface area contributed by atoms with Crippen molar-refractivity contribution in [3.63, 3.8) is 0 Å². The average Bonchev–Trinajstić information content (AvgIpc) is 3.05. The highest BCUT2D eigenvalue weighted by atomic mass is 16.5. The number of nitrogens with one attached hydrogen (secondary N) is 3. The molecule has 0 saturated carbocycles. The first-order chi connectivity index (χ1) is 10.6. The van der Waals surface area contributed by atoms with E-state index in [1.165, 1.54) is 0 Å². The third-order valence-electron chi connectivity index (χ3n) is 3.45. The summed E-state index contributed by atoms with van der Waals surface area (Å²) in [7, 11) is 0. The molecule has 5 N–H and O–H groups in total. The van der Waals surface area contributed by atoms with Gasteiger partial charge in [0.2, 0.25) is 11.8 Å². The van der Waals surface area contributed by atoms with Crippen LogP contribution in [-0.4, -0.2) is 39.8 Å². The van der Waals surface area contributed by atoms with Crippen LogP contribution < -0.4 is 21.1 Å². The third kappa shape index (κ3) is 3.08. The summed E-state index contributed by atoms with van der Waals surface area (Å²) < 4.78 is 5.63. The van der Waals surface area contributed by atoms with Crippen molar-refractivity contribution < 1.29 is 14.3 Å². The zero-order valence-corrected chi connectivity index (χ0v) is 11.8. The van der Waals surface area contributed by atoms with Crippen LogP contribution in [0.1, 0.15) is 19.3 Å². The van der Waals surface area contributed by atoms with Crippen LogP contribution in [0.15, 0.2) is 12.3 Å². The van der Waals surface area contributed by atoms with Gasteiger partial charge < -0.3 is 15.8 Å². The Morgan fingerprint density at radius 1 is 1.55 bits per heavy atom. The number of aromatic nitrogens is 3. The number of nitrogens with zero attached hydrogens (tertiary/aromatic N) is 2. The van der Waals surface area contributed by atoms with E-state index in [1.807, 2.05) is 0 Å². The molecule has 9 nitrogen and oxygen atoms in total. The molecule has 3 amide bonds. The number of hydrogen-bond donors (Lipinski definition) is 4. The molecule has 1 aliphatic rings. The molecule has 2 aromatic rings. The van der Waals surface area contributed by atoms with Gasteiger partial charge >= 0.3 is 6.03 Å². The van der Waals surface area contributed by atoms with Gasteiger partial charge in [-0.2, -0.15) is 0 Å². The minimum atomic E-state index is -0.679. The van der Waals surface area contributed by atoms with Gasteiger partial charge in [0.05, 0.1) is 17.5 Å². The first-order valence-electron chi connectivity index (χ1n) is 6.94. The standard InChI is InChI=1S/C13H16N6O3/c14-13(21)17-10-5-9-8(6-15-10)12(19-18-9)22-4-3-7-1-2-11(20)16-7/h5-7H,1-4H2,(H,16,20)(H,18,19)(H3,14,15,17,21). The van der Waals surface area contributed by atoms with Crippen molar-refractivity contribution in [2.24, 2.45) is 5.73 Å². The molecule has 1 fully saturated rings. The molecule has 3 heterocycles. The summed E-state index contributed by atoms with van der Waals surface area (Å²) in [6.45, 7) is 0.451. The zero-order chi connectivity index (χ0) is 15.5. The highest BCUT2D eigenvalue weighted by molar-refractivity contribution is 5.91. The quantitative estimate of drug-likeness (QED) is 0.637. The largest absolute Gasteiger partial charge is 0.476 e. The van der Waals surface area contributed by atoms with Crippen molar-refractivity contribution in [2.75, 3.05) is 11.9 Å². The second kappa shape index (κ2) is 5.88. The van der Waals surface area contributed by atoms with Gasteiger partial charge in [0.25, 0.3) is 0 Å². The Hall–Kier alpha value is -2.84. The molecule has 116 valence electrons. The fraction of sp³-hybridized carbons (Fsp3) is 0.385. The van der Waals surface area contributed by atoms with Gasteiger partial charge in [0.15, 0.2) is 0 Å². The first-order valence-corrected chi connectivity index (χ1v) is 6.94. The Bertz CT molecular complexity index is 713. The van der Waals surface area contributed by atoms with Gasteiger partial charge in [-0.25, -0.2) is 9.78 Å². The molecule has 1 unspecified atom stereocenters. The molecule has 0 aliphatic carbocycles. The summed E-state index contributed by atoms with van der Waals surface area (Å²) in [6.07, 6.45) is 3.70. The predicted octanol–water partition coefficient (Wildman–Crippen LogP) is 0.496. The van der Waals surface area contributed by atoms with Crippen molar-refractivity contribution in [1.82, 2.24) is 20.5 Å². The molecule has 0 radical (unpaired) electrons. The molecular weight excluding hydrogens is 288 g/mol. The smallest absolute Gasteiger partial charge is 0.317 e. The average molecular weight is 304 g/mol. The van der Waals surface area contributed by atoms with E-state index in [0.717, 1.165) is 12.8 Å². The van der Waals surface area contributed by atoms with Crippen molar-refractivity contribution in [3.8, 4) is 5.88 Å². The maximum Gasteiger partial charge on any atom is 0.317 e. The van der Waals surface area contributed by atoms with Crippen LogP contribution in [0.4, 0.5) is 10.6 Å². The minimum Gasteiger partial charge on any atom is -0.476 e. The summed E-state index contributed by atoms with van der Waals surface area (Å²) in [4.78, 5) is 26.0. The van der Waals surface area contributed by atoms with E-state index in [4.69, 9.17) is 10.5 Å². The summed E-state index contributed by atoms with van der Waals surface area (Å²) >= 11 is 0.